The molecule has 0 radical (unpaired) electrons. The lowest BCUT2D eigenvalue weighted by Gasteiger charge is -2.22. The number of aryl methyl sites for hydroxylation is 1. The van der Waals surface area contributed by atoms with Gasteiger partial charge in [0.2, 0.25) is 0 Å². The summed E-state index contributed by atoms with van der Waals surface area (Å²) in [6.45, 7) is 4.11. The number of benzene rings is 2. The molecular weight excluding hydrogens is 540 g/mol. The van der Waals surface area contributed by atoms with Crippen LogP contribution in [0.4, 0.5) is 0 Å². The Morgan fingerprint density at radius 1 is 0.786 bits per heavy atom. The minimum absolute atomic E-state index is 0.128. The molecule has 9 nitrogen and oxygen atoms in total. The van der Waals surface area contributed by atoms with Crippen LogP contribution in [0, 0.1) is 0 Å². The fourth-order valence-corrected chi connectivity index (χ4v) is 4.73. The first kappa shape index (κ1) is 32.8. The maximum absolute atomic E-state index is 12.3. The lowest BCUT2D eigenvalue weighted by atomic mass is 9.98. The molecule has 0 saturated carbocycles. The third-order valence-electron chi connectivity index (χ3n) is 7.03. The average molecular weight is 585 g/mol. The first-order valence-electron chi connectivity index (χ1n) is 14.9. The highest BCUT2D eigenvalue weighted by Crippen LogP contribution is 2.36. The Labute approximate surface area is 248 Å². The van der Waals surface area contributed by atoms with E-state index in [1.54, 1.807) is 0 Å². The van der Waals surface area contributed by atoms with Crippen LogP contribution in [0.3, 0.4) is 0 Å². The first-order chi connectivity index (χ1) is 20.5. The van der Waals surface area contributed by atoms with E-state index in [0.717, 1.165) is 61.2 Å². The van der Waals surface area contributed by atoms with Gasteiger partial charge in [-0.15, -0.1) is 0 Å². The van der Waals surface area contributed by atoms with E-state index < -0.39 is 0 Å². The second-order valence-corrected chi connectivity index (χ2v) is 10.2. The van der Waals surface area contributed by atoms with Gasteiger partial charge in [0.05, 0.1) is 46.2 Å². The molecule has 0 N–H and O–H groups in total. The normalized spacial score (nSPS) is 12.2. The zero-order valence-electron chi connectivity index (χ0n) is 25.2. The number of ketones is 1. The second-order valence-electron chi connectivity index (χ2n) is 10.2. The summed E-state index contributed by atoms with van der Waals surface area (Å²) >= 11 is 0. The monoisotopic (exact) mass is 584 g/mol. The minimum Gasteiger partial charge on any atom is -0.494 e. The van der Waals surface area contributed by atoms with Gasteiger partial charge in [-0.25, -0.2) is 0 Å². The molecule has 9 heteroatoms. The average Bonchev–Trinajstić information content (AvgIpc) is 3.00. The van der Waals surface area contributed by atoms with Crippen LogP contribution in [0.25, 0.3) is 0 Å². The van der Waals surface area contributed by atoms with E-state index in [9.17, 15) is 14.4 Å². The summed E-state index contributed by atoms with van der Waals surface area (Å²) in [5, 5.41) is 0. The molecule has 0 atom stereocenters. The molecule has 0 fully saturated rings. The van der Waals surface area contributed by atoms with Crippen molar-refractivity contribution < 1.29 is 42.8 Å². The molecule has 0 bridgehead atoms. The van der Waals surface area contributed by atoms with Crippen molar-refractivity contribution in [3.05, 3.63) is 47.0 Å². The van der Waals surface area contributed by atoms with Crippen molar-refractivity contribution in [3.8, 4) is 23.0 Å². The first-order valence-corrected chi connectivity index (χ1v) is 14.9. The molecule has 2 aromatic rings. The van der Waals surface area contributed by atoms with Crippen molar-refractivity contribution in [1.82, 2.24) is 0 Å². The maximum Gasteiger partial charge on any atom is 0.305 e. The molecule has 0 saturated heterocycles. The maximum atomic E-state index is 12.3. The molecule has 0 aliphatic carbocycles. The van der Waals surface area contributed by atoms with Gasteiger partial charge in [0, 0.05) is 24.8 Å². The van der Waals surface area contributed by atoms with Gasteiger partial charge >= 0.3 is 11.9 Å². The fourth-order valence-electron chi connectivity index (χ4n) is 4.73. The van der Waals surface area contributed by atoms with Gasteiger partial charge in [-0.3, -0.25) is 14.4 Å². The summed E-state index contributed by atoms with van der Waals surface area (Å²) in [6.07, 6.45) is 7.31. The van der Waals surface area contributed by atoms with Gasteiger partial charge < -0.3 is 28.4 Å². The van der Waals surface area contributed by atoms with Crippen LogP contribution < -0.4 is 18.9 Å². The number of carbonyl (C=O) groups is 3. The van der Waals surface area contributed by atoms with Crippen LogP contribution >= 0.6 is 0 Å². The van der Waals surface area contributed by atoms with Crippen molar-refractivity contribution in [1.29, 1.82) is 0 Å². The quantitative estimate of drug-likeness (QED) is 0.144. The number of carbonyl (C=O) groups excluding carboxylic acids is 3. The Bertz CT molecular complexity index is 1170. The molecule has 2 aromatic carbocycles. The number of hydrogen-bond acceptors (Lipinski definition) is 9. The number of hydrogen-bond donors (Lipinski definition) is 0. The molecule has 3 rings (SSSR count). The van der Waals surface area contributed by atoms with E-state index in [0.29, 0.717) is 69.2 Å². The number of rotatable bonds is 19. The summed E-state index contributed by atoms with van der Waals surface area (Å²) in [4.78, 5) is 35.2. The largest absolute Gasteiger partial charge is 0.494 e. The SMILES string of the molecule is CCCc1c(OCCCCCOc2ccc(OCCCCC(=O)OC)cc2CCC(=O)OC)ccc2c1OCCC2=O. The van der Waals surface area contributed by atoms with Gasteiger partial charge in [-0.1, -0.05) is 13.3 Å². The summed E-state index contributed by atoms with van der Waals surface area (Å²) < 4.78 is 33.3. The molecule has 42 heavy (non-hydrogen) atoms. The molecule has 0 unspecified atom stereocenters. The van der Waals surface area contributed by atoms with Crippen molar-refractivity contribution in [2.24, 2.45) is 0 Å². The fraction of sp³-hybridized carbons (Fsp3) is 0.545. The van der Waals surface area contributed by atoms with E-state index in [4.69, 9.17) is 23.7 Å². The van der Waals surface area contributed by atoms with Crippen LogP contribution in [-0.2, 0) is 31.9 Å². The van der Waals surface area contributed by atoms with Gasteiger partial charge in [0.15, 0.2) is 5.78 Å². The Hall–Kier alpha value is -3.75. The third kappa shape index (κ3) is 10.3. The minimum atomic E-state index is -0.283. The summed E-state index contributed by atoms with van der Waals surface area (Å²) in [7, 11) is 2.76. The number of Topliss-reactive ketones (excluding diaryl/α,β-unsaturated/α-hetero) is 1. The smallest absolute Gasteiger partial charge is 0.305 e. The lowest BCUT2D eigenvalue weighted by molar-refractivity contribution is -0.141. The van der Waals surface area contributed by atoms with Gasteiger partial charge in [0.25, 0.3) is 0 Å². The van der Waals surface area contributed by atoms with E-state index in [1.165, 1.54) is 14.2 Å². The molecule has 230 valence electrons. The molecule has 0 spiro atoms. The van der Waals surface area contributed by atoms with Gasteiger partial charge in [-0.2, -0.15) is 0 Å². The lowest BCUT2D eigenvalue weighted by Crippen LogP contribution is -2.17. The highest BCUT2D eigenvalue weighted by molar-refractivity contribution is 6.00. The predicted octanol–water partition coefficient (Wildman–Crippen LogP) is 6.06. The second kappa shape index (κ2) is 17.9. The Morgan fingerprint density at radius 2 is 1.45 bits per heavy atom. The van der Waals surface area contributed by atoms with Crippen LogP contribution in [0.15, 0.2) is 30.3 Å². The van der Waals surface area contributed by atoms with E-state index in [2.05, 4.69) is 11.7 Å². The number of methoxy groups -OCH3 is 2. The van der Waals surface area contributed by atoms with Gasteiger partial charge in [-0.05, 0) is 80.8 Å². The molecule has 0 amide bonds. The molecule has 1 aliphatic heterocycles. The standard InChI is InChI=1S/C33H44O9/c1-4-10-27-30(16-14-26-28(34)18-22-42-33(26)27)41-21-8-5-7-20-40-29-15-13-25(23-24(29)12-17-32(36)38-3)39-19-9-6-11-31(35)37-2/h13-16,23H,4-12,17-22H2,1-3H3. The highest BCUT2D eigenvalue weighted by Gasteiger charge is 2.23. The van der Waals surface area contributed by atoms with Crippen molar-refractivity contribution in [2.45, 2.75) is 77.6 Å². The Balaban J connectivity index is 1.45. The topological polar surface area (TPSA) is 107 Å². The highest BCUT2D eigenvalue weighted by atomic mass is 16.5. The summed E-state index contributed by atoms with van der Waals surface area (Å²) in [5.74, 6) is 2.52. The number of unbranched alkanes of at least 4 members (excludes halogenated alkanes) is 3. The number of ether oxygens (including phenoxy) is 6. The van der Waals surface area contributed by atoms with Gasteiger partial charge in [0.1, 0.15) is 23.0 Å². The molecule has 0 aromatic heterocycles. The van der Waals surface area contributed by atoms with Crippen LogP contribution in [0.2, 0.25) is 0 Å². The summed E-state index contributed by atoms with van der Waals surface area (Å²) in [6, 6.07) is 9.34. The van der Waals surface area contributed by atoms with Crippen molar-refractivity contribution >= 4 is 17.7 Å². The molecule has 1 heterocycles. The molecular formula is C33H44O9. The van der Waals surface area contributed by atoms with E-state index in [1.807, 2.05) is 30.3 Å². The van der Waals surface area contributed by atoms with Crippen LogP contribution in [0.1, 0.15) is 86.2 Å². The van der Waals surface area contributed by atoms with Crippen molar-refractivity contribution in [3.63, 3.8) is 0 Å². The zero-order valence-corrected chi connectivity index (χ0v) is 25.2. The number of fused-ring (bicyclic) bond motifs is 1. The van der Waals surface area contributed by atoms with E-state index in [-0.39, 0.29) is 24.1 Å². The Kier molecular flexibility index (Phi) is 14.0. The Morgan fingerprint density at radius 3 is 2.19 bits per heavy atom. The third-order valence-corrected chi connectivity index (χ3v) is 7.03. The van der Waals surface area contributed by atoms with Crippen molar-refractivity contribution in [2.75, 3.05) is 40.6 Å². The van der Waals surface area contributed by atoms with Crippen LogP contribution in [0.5, 0.6) is 23.0 Å². The summed E-state index contributed by atoms with van der Waals surface area (Å²) in [5.41, 5.74) is 2.53. The van der Waals surface area contributed by atoms with E-state index >= 15 is 0 Å². The molecule has 1 aliphatic rings. The van der Waals surface area contributed by atoms with Crippen LogP contribution in [-0.4, -0.2) is 58.4 Å². The number of esters is 2. The zero-order chi connectivity index (χ0) is 30.2. The predicted molar refractivity (Wildman–Crippen MR) is 158 cm³/mol.